The highest BCUT2D eigenvalue weighted by atomic mass is 16.3. The molecule has 1 aliphatic carbocycles. The van der Waals surface area contributed by atoms with Gasteiger partial charge in [0.25, 0.3) is 0 Å². The molecule has 0 aliphatic heterocycles. The first-order valence-electron chi connectivity index (χ1n) is 5.83. The number of aliphatic hydroxyl groups is 1. The zero-order chi connectivity index (χ0) is 11.8. The number of nitrogen functional groups attached to an aromatic ring is 1. The highest BCUT2D eigenvalue weighted by Gasteiger charge is 2.31. The fourth-order valence-corrected chi connectivity index (χ4v) is 2.48. The maximum atomic E-state index is 8.87. The van der Waals surface area contributed by atoms with Crippen molar-refractivity contribution >= 4 is 17.0 Å². The van der Waals surface area contributed by atoms with Crippen molar-refractivity contribution in [1.29, 1.82) is 0 Å². The molecule has 1 aliphatic rings. The summed E-state index contributed by atoms with van der Waals surface area (Å²) in [5, 5.41) is 8.87. The minimum absolute atomic E-state index is 0.275. The Hall–Kier alpha value is -1.69. The van der Waals surface area contributed by atoms with Gasteiger partial charge in [0.1, 0.15) is 11.8 Å². The van der Waals surface area contributed by atoms with Gasteiger partial charge in [0.05, 0.1) is 6.33 Å². The van der Waals surface area contributed by atoms with Crippen LogP contribution in [0.15, 0.2) is 12.7 Å². The van der Waals surface area contributed by atoms with E-state index in [1.165, 1.54) is 6.33 Å². The van der Waals surface area contributed by atoms with Crippen molar-refractivity contribution in [2.24, 2.45) is 5.92 Å². The molecule has 3 rings (SSSR count). The number of nitrogens with zero attached hydrogens (tertiary/aromatic N) is 4. The Balaban J connectivity index is 1.85. The summed E-state index contributed by atoms with van der Waals surface area (Å²) in [5.74, 6) is 1.06. The smallest absolute Gasteiger partial charge is 0.165 e. The predicted molar refractivity (Wildman–Crippen MR) is 63.2 cm³/mol. The van der Waals surface area contributed by atoms with Gasteiger partial charge in [-0.3, -0.25) is 0 Å². The van der Waals surface area contributed by atoms with Gasteiger partial charge >= 0.3 is 0 Å². The first-order chi connectivity index (χ1) is 8.29. The molecule has 6 heteroatoms. The van der Waals surface area contributed by atoms with Crippen LogP contribution >= 0.6 is 0 Å². The molecular formula is C11H15N5O. The third-order valence-electron chi connectivity index (χ3n) is 3.53. The molecule has 2 heterocycles. The molecule has 6 nitrogen and oxygen atoms in total. The number of fused-ring (bicyclic) bond motifs is 1. The fourth-order valence-electron chi connectivity index (χ4n) is 2.48. The standard InChI is InChI=1S/C11H15N5O/c12-10-9-11(14-5-13-10)16(6-15-9)8-3-7(4-8)1-2-17/h5-8,17H,1-4H2,(H2,12,13,14)/t7-,8+. The largest absolute Gasteiger partial charge is 0.396 e. The third kappa shape index (κ3) is 1.64. The lowest BCUT2D eigenvalue weighted by atomic mass is 9.78. The van der Waals surface area contributed by atoms with E-state index in [1.54, 1.807) is 6.33 Å². The van der Waals surface area contributed by atoms with E-state index in [0.717, 1.165) is 24.9 Å². The molecule has 1 fully saturated rings. The van der Waals surface area contributed by atoms with Crippen molar-refractivity contribution in [3.05, 3.63) is 12.7 Å². The minimum atomic E-state index is 0.275. The summed E-state index contributed by atoms with van der Waals surface area (Å²) in [7, 11) is 0. The Labute approximate surface area is 98.5 Å². The number of hydrogen-bond acceptors (Lipinski definition) is 5. The number of aliphatic hydroxyl groups excluding tert-OH is 1. The number of anilines is 1. The lowest BCUT2D eigenvalue weighted by Crippen LogP contribution is -2.27. The molecule has 0 radical (unpaired) electrons. The van der Waals surface area contributed by atoms with Crippen molar-refractivity contribution in [2.75, 3.05) is 12.3 Å². The van der Waals surface area contributed by atoms with E-state index >= 15 is 0 Å². The van der Waals surface area contributed by atoms with Crippen molar-refractivity contribution < 1.29 is 5.11 Å². The summed E-state index contributed by atoms with van der Waals surface area (Å²) < 4.78 is 2.07. The fraction of sp³-hybridized carbons (Fsp3) is 0.545. The molecule has 0 saturated heterocycles. The van der Waals surface area contributed by atoms with E-state index in [1.807, 2.05) is 0 Å². The van der Waals surface area contributed by atoms with Gasteiger partial charge in [-0.05, 0) is 25.2 Å². The van der Waals surface area contributed by atoms with Crippen LogP contribution in [0.4, 0.5) is 5.82 Å². The van der Waals surface area contributed by atoms with Gasteiger partial charge in [0.2, 0.25) is 0 Å². The van der Waals surface area contributed by atoms with E-state index < -0.39 is 0 Å². The van der Waals surface area contributed by atoms with Crippen molar-refractivity contribution in [3.8, 4) is 0 Å². The Bertz CT molecular complexity index is 532. The molecule has 0 atom stereocenters. The number of rotatable bonds is 3. The summed E-state index contributed by atoms with van der Waals surface area (Å²) >= 11 is 0. The van der Waals surface area contributed by atoms with Crippen LogP contribution in [0.5, 0.6) is 0 Å². The monoisotopic (exact) mass is 233 g/mol. The van der Waals surface area contributed by atoms with Gasteiger partial charge < -0.3 is 15.4 Å². The molecule has 0 bridgehead atoms. The SMILES string of the molecule is Nc1ncnc2c1ncn2[C@H]1C[C@@H](CCO)C1. The first kappa shape index (κ1) is 10.5. The summed E-state index contributed by atoms with van der Waals surface area (Å²) in [4.78, 5) is 12.4. The van der Waals surface area contributed by atoms with Gasteiger partial charge in [0, 0.05) is 12.6 Å². The van der Waals surface area contributed by atoms with Gasteiger partial charge in [0.15, 0.2) is 11.5 Å². The molecule has 0 unspecified atom stereocenters. The van der Waals surface area contributed by atoms with Crippen LogP contribution in [-0.2, 0) is 0 Å². The molecule has 0 amide bonds. The molecular weight excluding hydrogens is 218 g/mol. The second kappa shape index (κ2) is 3.96. The summed E-state index contributed by atoms with van der Waals surface area (Å²) in [6, 6.07) is 0.436. The van der Waals surface area contributed by atoms with Gasteiger partial charge in [-0.2, -0.15) is 0 Å². The topological polar surface area (TPSA) is 89.9 Å². The number of aromatic nitrogens is 4. The van der Waals surface area contributed by atoms with Crippen LogP contribution in [-0.4, -0.2) is 31.2 Å². The molecule has 2 aromatic rings. The normalized spacial score (nSPS) is 23.8. The van der Waals surface area contributed by atoms with Crippen LogP contribution in [0.2, 0.25) is 0 Å². The van der Waals surface area contributed by atoms with Crippen LogP contribution < -0.4 is 5.73 Å². The van der Waals surface area contributed by atoms with Crippen LogP contribution in [0.25, 0.3) is 11.2 Å². The van der Waals surface area contributed by atoms with E-state index in [4.69, 9.17) is 10.8 Å². The number of nitrogens with two attached hydrogens (primary N) is 1. The molecule has 17 heavy (non-hydrogen) atoms. The molecule has 0 spiro atoms. The second-order valence-corrected chi connectivity index (χ2v) is 4.59. The Kier molecular flexibility index (Phi) is 2.44. The zero-order valence-electron chi connectivity index (χ0n) is 9.45. The molecule has 2 aromatic heterocycles. The summed E-state index contributed by atoms with van der Waals surface area (Å²) in [6.45, 7) is 0.275. The average Bonchev–Trinajstić information content (AvgIpc) is 2.68. The van der Waals surface area contributed by atoms with Crippen molar-refractivity contribution in [1.82, 2.24) is 19.5 Å². The Morgan fingerprint density at radius 1 is 1.35 bits per heavy atom. The summed E-state index contributed by atoms with van der Waals surface area (Å²) in [6.07, 6.45) is 6.31. The second-order valence-electron chi connectivity index (χ2n) is 4.59. The van der Waals surface area contributed by atoms with E-state index in [9.17, 15) is 0 Å². The van der Waals surface area contributed by atoms with E-state index in [2.05, 4.69) is 19.5 Å². The third-order valence-corrected chi connectivity index (χ3v) is 3.53. The predicted octanol–water partition coefficient (Wildman–Crippen LogP) is 0.742. The minimum Gasteiger partial charge on any atom is -0.396 e. The van der Waals surface area contributed by atoms with Crippen molar-refractivity contribution in [3.63, 3.8) is 0 Å². The molecule has 0 aromatic carbocycles. The van der Waals surface area contributed by atoms with E-state index in [-0.39, 0.29) is 6.61 Å². The van der Waals surface area contributed by atoms with Crippen LogP contribution in [0.1, 0.15) is 25.3 Å². The van der Waals surface area contributed by atoms with Crippen LogP contribution in [0.3, 0.4) is 0 Å². The zero-order valence-corrected chi connectivity index (χ0v) is 9.45. The highest BCUT2D eigenvalue weighted by molar-refractivity contribution is 5.81. The van der Waals surface area contributed by atoms with Crippen molar-refractivity contribution in [2.45, 2.75) is 25.3 Å². The van der Waals surface area contributed by atoms with E-state index in [0.29, 0.717) is 23.3 Å². The molecule has 90 valence electrons. The van der Waals surface area contributed by atoms with Gasteiger partial charge in [-0.1, -0.05) is 0 Å². The first-order valence-corrected chi connectivity index (χ1v) is 5.83. The lowest BCUT2D eigenvalue weighted by molar-refractivity contribution is 0.152. The van der Waals surface area contributed by atoms with Crippen LogP contribution in [0, 0.1) is 5.92 Å². The Morgan fingerprint density at radius 2 is 2.18 bits per heavy atom. The quantitative estimate of drug-likeness (QED) is 0.816. The lowest BCUT2D eigenvalue weighted by Gasteiger charge is -2.35. The summed E-state index contributed by atoms with van der Waals surface area (Å²) in [5.41, 5.74) is 7.23. The molecule has 1 saturated carbocycles. The number of hydrogen-bond donors (Lipinski definition) is 2. The van der Waals surface area contributed by atoms with Gasteiger partial charge in [-0.15, -0.1) is 0 Å². The molecule has 3 N–H and O–H groups in total. The number of imidazole rings is 1. The highest BCUT2D eigenvalue weighted by Crippen LogP contribution is 2.40. The maximum Gasteiger partial charge on any atom is 0.165 e. The maximum absolute atomic E-state index is 8.87. The average molecular weight is 233 g/mol. The Morgan fingerprint density at radius 3 is 2.94 bits per heavy atom. The van der Waals surface area contributed by atoms with Gasteiger partial charge in [-0.25, -0.2) is 15.0 Å².